The van der Waals surface area contributed by atoms with Gasteiger partial charge >= 0.3 is 0 Å². The Labute approximate surface area is 123 Å². The molecule has 0 spiro atoms. The summed E-state index contributed by atoms with van der Waals surface area (Å²) in [5.41, 5.74) is 5.11. The Morgan fingerprint density at radius 3 is 2.76 bits per heavy atom. The van der Waals surface area contributed by atoms with Gasteiger partial charge in [-0.2, -0.15) is 4.98 Å². The Kier molecular flexibility index (Phi) is 3.82. The number of methoxy groups -OCH3 is 1. The first-order valence-electron chi connectivity index (χ1n) is 7.35. The molecular weight excluding hydrogens is 270 g/mol. The van der Waals surface area contributed by atoms with Crippen LogP contribution in [0.2, 0.25) is 0 Å². The maximum atomic E-state index is 5.75. The maximum Gasteiger partial charge on any atom is 0.293 e. The minimum absolute atomic E-state index is 0.348. The zero-order valence-electron chi connectivity index (χ0n) is 12.5. The van der Waals surface area contributed by atoms with E-state index in [0.29, 0.717) is 29.8 Å². The highest BCUT2D eigenvalue weighted by Gasteiger charge is 2.40. The first-order chi connectivity index (χ1) is 10.2. The molecule has 2 N–H and O–H groups in total. The van der Waals surface area contributed by atoms with E-state index < -0.39 is 5.60 Å². The van der Waals surface area contributed by atoms with Crippen LogP contribution in [0, 0.1) is 5.92 Å². The van der Waals surface area contributed by atoms with Crippen LogP contribution in [0.3, 0.4) is 0 Å². The van der Waals surface area contributed by atoms with Crippen molar-refractivity contribution in [3.05, 3.63) is 23.7 Å². The van der Waals surface area contributed by atoms with Crippen LogP contribution in [0.25, 0.3) is 11.7 Å². The lowest BCUT2D eigenvalue weighted by Crippen LogP contribution is -2.34. The summed E-state index contributed by atoms with van der Waals surface area (Å²) >= 11 is 0. The second-order valence-corrected chi connectivity index (χ2v) is 5.77. The van der Waals surface area contributed by atoms with Crippen molar-refractivity contribution in [3.63, 3.8) is 0 Å². The quantitative estimate of drug-likeness (QED) is 0.932. The molecule has 2 aromatic rings. The first-order valence-corrected chi connectivity index (χ1v) is 7.35. The van der Waals surface area contributed by atoms with Gasteiger partial charge in [0.25, 0.3) is 5.89 Å². The third-order valence-electron chi connectivity index (χ3n) is 4.38. The molecule has 1 aliphatic rings. The minimum Gasteiger partial charge on any atom is -0.455 e. The smallest absolute Gasteiger partial charge is 0.293 e. The Morgan fingerprint density at radius 2 is 2.14 bits per heavy atom. The largest absolute Gasteiger partial charge is 0.455 e. The van der Waals surface area contributed by atoms with Crippen molar-refractivity contribution in [3.8, 4) is 11.7 Å². The Bertz CT molecular complexity index is 597. The fourth-order valence-electron chi connectivity index (χ4n) is 2.86. The molecule has 6 heteroatoms. The normalized spacial score (nSPS) is 26.1. The van der Waals surface area contributed by atoms with Crippen LogP contribution < -0.4 is 5.73 Å². The molecule has 0 saturated heterocycles. The second kappa shape index (κ2) is 5.61. The molecule has 3 rings (SSSR count). The third kappa shape index (κ3) is 2.61. The van der Waals surface area contributed by atoms with Crippen LogP contribution in [0.4, 0.5) is 0 Å². The lowest BCUT2D eigenvalue weighted by molar-refractivity contribution is -0.0609. The number of nitrogens with two attached hydrogens (primary N) is 1. The highest BCUT2D eigenvalue weighted by atomic mass is 16.5. The average Bonchev–Trinajstić information content (AvgIpc) is 3.17. The topological polar surface area (TPSA) is 87.3 Å². The number of furan rings is 1. The Hall–Kier alpha value is -1.66. The monoisotopic (exact) mass is 291 g/mol. The van der Waals surface area contributed by atoms with Crippen LogP contribution in [0.15, 0.2) is 21.1 Å². The lowest BCUT2D eigenvalue weighted by atomic mass is 9.79. The molecule has 0 bridgehead atoms. The van der Waals surface area contributed by atoms with Gasteiger partial charge in [0.05, 0.1) is 6.54 Å². The molecule has 0 aromatic carbocycles. The predicted octanol–water partition coefficient (Wildman–Crippen LogP) is 2.84. The highest BCUT2D eigenvalue weighted by molar-refractivity contribution is 5.44. The molecule has 114 valence electrons. The average molecular weight is 291 g/mol. The number of rotatable bonds is 4. The van der Waals surface area contributed by atoms with Gasteiger partial charge in [0.2, 0.25) is 5.82 Å². The maximum absolute atomic E-state index is 5.75. The summed E-state index contributed by atoms with van der Waals surface area (Å²) in [6, 6.07) is 3.61. The number of hydrogen-bond acceptors (Lipinski definition) is 6. The summed E-state index contributed by atoms with van der Waals surface area (Å²) in [5.74, 6) is 2.94. The lowest BCUT2D eigenvalue weighted by Gasteiger charge is -2.35. The van der Waals surface area contributed by atoms with E-state index in [1.807, 2.05) is 6.07 Å². The molecule has 1 fully saturated rings. The predicted molar refractivity (Wildman–Crippen MR) is 76.2 cm³/mol. The summed E-state index contributed by atoms with van der Waals surface area (Å²) < 4.78 is 16.6. The number of nitrogens with zero attached hydrogens (tertiary/aromatic N) is 2. The summed E-state index contributed by atoms with van der Waals surface area (Å²) in [5, 5.41) is 4.12. The number of ether oxygens (including phenoxy) is 1. The Balaban J connectivity index is 1.86. The molecule has 0 amide bonds. The second-order valence-electron chi connectivity index (χ2n) is 5.77. The van der Waals surface area contributed by atoms with Crippen molar-refractivity contribution >= 4 is 0 Å². The summed E-state index contributed by atoms with van der Waals surface area (Å²) in [7, 11) is 1.71. The SMILES string of the molecule is COC1(c2noc(-c3ccc(CN)o3)n2)CCC(C)CC1. The fraction of sp³-hybridized carbons (Fsp3) is 0.600. The Morgan fingerprint density at radius 1 is 1.38 bits per heavy atom. The van der Waals surface area contributed by atoms with E-state index in [1.54, 1.807) is 13.2 Å². The zero-order chi connectivity index (χ0) is 14.9. The molecule has 2 aromatic heterocycles. The summed E-state index contributed by atoms with van der Waals surface area (Å²) in [6.45, 7) is 2.61. The van der Waals surface area contributed by atoms with Gasteiger partial charge in [0.15, 0.2) is 5.76 Å². The van der Waals surface area contributed by atoms with Crippen molar-refractivity contribution in [1.29, 1.82) is 0 Å². The van der Waals surface area contributed by atoms with E-state index in [2.05, 4.69) is 17.1 Å². The molecule has 21 heavy (non-hydrogen) atoms. The fourth-order valence-corrected chi connectivity index (χ4v) is 2.86. The van der Waals surface area contributed by atoms with E-state index >= 15 is 0 Å². The first kappa shape index (κ1) is 14.3. The number of hydrogen-bond donors (Lipinski definition) is 1. The molecule has 1 aliphatic carbocycles. The van der Waals surface area contributed by atoms with Gasteiger partial charge in [-0.15, -0.1) is 0 Å². The van der Waals surface area contributed by atoms with Crippen molar-refractivity contribution in [2.75, 3.05) is 7.11 Å². The van der Waals surface area contributed by atoms with Gasteiger partial charge in [-0.3, -0.25) is 0 Å². The molecular formula is C15H21N3O3. The molecule has 0 atom stereocenters. The van der Waals surface area contributed by atoms with Gasteiger partial charge in [-0.1, -0.05) is 12.1 Å². The van der Waals surface area contributed by atoms with Gasteiger partial charge < -0.3 is 19.4 Å². The van der Waals surface area contributed by atoms with Gasteiger partial charge in [-0.05, 0) is 43.7 Å². The van der Waals surface area contributed by atoms with Gasteiger partial charge in [0, 0.05) is 7.11 Å². The van der Waals surface area contributed by atoms with E-state index in [1.165, 1.54) is 0 Å². The third-order valence-corrected chi connectivity index (χ3v) is 4.38. The van der Waals surface area contributed by atoms with Gasteiger partial charge in [-0.25, -0.2) is 0 Å². The summed E-state index contributed by atoms with van der Waals surface area (Å²) in [4.78, 5) is 4.48. The van der Waals surface area contributed by atoms with Crippen LogP contribution in [-0.2, 0) is 16.9 Å². The van der Waals surface area contributed by atoms with E-state index in [9.17, 15) is 0 Å². The molecule has 1 saturated carbocycles. The highest BCUT2D eigenvalue weighted by Crippen LogP contribution is 2.41. The number of aromatic nitrogens is 2. The van der Waals surface area contributed by atoms with Crippen LogP contribution in [-0.4, -0.2) is 17.3 Å². The van der Waals surface area contributed by atoms with Crippen LogP contribution >= 0.6 is 0 Å². The van der Waals surface area contributed by atoms with Crippen molar-refractivity contribution in [2.24, 2.45) is 11.7 Å². The van der Waals surface area contributed by atoms with Crippen molar-refractivity contribution < 1.29 is 13.7 Å². The standard InChI is InChI=1S/C15H21N3O3/c1-10-5-7-15(19-2,8-6-10)14-17-13(21-18-14)12-4-3-11(9-16)20-12/h3-4,10H,5-9,16H2,1-2H3. The molecule has 0 unspecified atom stereocenters. The zero-order valence-corrected chi connectivity index (χ0v) is 12.5. The summed E-state index contributed by atoms with van der Waals surface area (Å²) in [6.07, 6.45) is 4.04. The van der Waals surface area contributed by atoms with E-state index in [-0.39, 0.29) is 0 Å². The molecule has 0 aliphatic heterocycles. The van der Waals surface area contributed by atoms with Crippen molar-refractivity contribution in [1.82, 2.24) is 10.1 Å². The molecule has 2 heterocycles. The van der Waals surface area contributed by atoms with E-state index in [0.717, 1.165) is 31.6 Å². The van der Waals surface area contributed by atoms with Crippen LogP contribution in [0.5, 0.6) is 0 Å². The molecule has 6 nitrogen and oxygen atoms in total. The van der Waals surface area contributed by atoms with Crippen molar-refractivity contribution in [2.45, 2.75) is 44.8 Å². The van der Waals surface area contributed by atoms with Crippen LogP contribution in [0.1, 0.15) is 44.2 Å². The van der Waals surface area contributed by atoms with Gasteiger partial charge in [0.1, 0.15) is 11.4 Å². The molecule has 0 radical (unpaired) electrons. The van der Waals surface area contributed by atoms with E-state index in [4.69, 9.17) is 19.4 Å². The minimum atomic E-state index is -0.433.